The van der Waals surface area contributed by atoms with Crippen molar-refractivity contribution >= 4 is 16.0 Å². The maximum Gasteiger partial charge on any atom is 0.215 e. The molecule has 0 fully saturated rings. The van der Waals surface area contributed by atoms with Crippen molar-refractivity contribution in [2.24, 2.45) is 4.99 Å². The summed E-state index contributed by atoms with van der Waals surface area (Å²) >= 11 is 0. The van der Waals surface area contributed by atoms with Crippen molar-refractivity contribution in [3.05, 3.63) is 64.7 Å². The second kappa shape index (κ2) is 10.1. The highest BCUT2D eigenvalue weighted by Crippen LogP contribution is 2.19. The van der Waals surface area contributed by atoms with Gasteiger partial charge in [0, 0.05) is 25.7 Å². The van der Waals surface area contributed by atoms with E-state index >= 15 is 0 Å². The average molecular weight is 405 g/mol. The Balaban J connectivity index is 1.90. The number of hydrogen-bond donors (Lipinski definition) is 3. The van der Waals surface area contributed by atoms with Crippen LogP contribution >= 0.6 is 0 Å². The summed E-state index contributed by atoms with van der Waals surface area (Å²) in [4.78, 5) is 4.23. The maximum absolute atomic E-state index is 11.6. The van der Waals surface area contributed by atoms with Crippen LogP contribution in [0.3, 0.4) is 0 Å². The smallest absolute Gasteiger partial charge is 0.215 e. The van der Waals surface area contributed by atoms with Gasteiger partial charge in [-0.3, -0.25) is 4.99 Å². The second-order valence-electron chi connectivity index (χ2n) is 6.37. The van der Waals surface area contributed by atoms with E-state index in [0.29, 0.717) is 19.0 Å². The average Bonchev–Trinajstić information content (AvgIpc) is 2.69. The number of methoxy groups -OCH3 is 1. The van der Waals surface area contributed by atoms with Gasteiger partial charge in [0.05, 0.1) is 12.9 Å². The summed E-state index contributed by atoms with van der Waals surface area (Å²) < 4.78 is 31.0. The Hall–Kier alpha value is -2.58. The second-order valence-corrected chi connectivity index (χ2v) is 8.30. The minimum atomic E-state index is -3.26. The van der Waals surface area contributed by atoms with E-state index in [2.05, 4.69) is 20.3 Å². The summed E-state index contributed by atoms with van der Waals surface area (Å²) in [5.41, 5.74) is 3.97. The lowest BCUT2D eigenvalue weighted by Gasteiger charge is -2.14. The molecule has 0 bridgehead atoms. The minimum Gasteiger partial charge on any atom is -0.496 e. The largest absolute Gasteiger partial charge is 0.496 e. The van der Waals surface area contributed by atoms with Crippen LogP contribution in [0.2, 0.25) is 0 Å². The van der Waals surface area contributed by atoms with Crippen LogP contribution in [0.25, 0.3) is 0 Å². The fourth-order valence-electron chi connectivity index (χ4n) is 2.63. The summed E-state index contributed by atoms with van der Waals surface area (Å²) in [5, 5.41) is 6.52. The SMILES string of the molecule is CN=C(NCc1ccc(CS(=O)(=O)NC)cc1)NCc1ccc(C)cc1OC. The predicted molar refractivity (Wildman–Crippen MR) is 113 cm³/mol. The van der Waals surface area contributed by atoms with Crippen LogP contribution < -0.4 is 20.1 Å². The summed E-state index contributed by atoms with van der Waals surface area (Å²) in [5.74, 6) is 1.48. The molecule has 0 saturated carbocycles. The highest BCUT2D eigenvalue weighted by molar-refractivity contribution is 7.88. The lowest BCUT2D eigenvalue weighted by Crippen LogP contribution is -2.36. The maximum atomic E-state index is 11.6. The number of nitrogens with one attached hydrogen (secondary N) is 3. The molecule has 0 saturated heterocycles. The van der Waals surface area contributed by atoms with Gasteiger partial charge in [0.1, 0.15) is 5.75 Å². The first-order valence-electron chi connectivity index (χ1n) is 8.94. The molecule has 0 atom stereocenters. The molecular formula is C20H28N4O3S. The van der Waals surface area contributed by atoms with Gasteiger partial charge in [-0.05, 0) is 36.7 Å². The van der Waals surface area contributed by atoms with Crippen LogP contribution in [0.1, 0.15) is 22.3 Å². The summed E-state index contributed by atoms with van der Waals surface area (Å²) in [7, 11) is 1.53. The Morgan fingerprint density at radius 2 is 1.68 bits per heavy atom. The molecule has 0 aromatic heterocycles. The van der Waals surface area contributed by atoms with E-state index < -0.39 is 10.0 Å². The van der Waals surface area contributed by atoms with Gasteiger partial charge >= 0.3 is 0 Å². The minimum absolute atomic E-state index is 0.0290. The first-order chi connectivity index (χ1) is 13.4. The predicted octanol–water partition coefficient (Wildman–Crippen LogP) is 1.92. The lowest BCUT2D eigenvalue weighted by molar-refractivity contribution is 0.408. The third kappa shape index (κ3) is 6.54. The Bertz CT molecular complexity index is 910. The standard InChI is InChI=1S/C20H28N4O3S/c1-15-5-10-18(19(11-15)27-4)13-24-20(21-2)23-12-16-6-8-17(9-7-16)14-28(25,26)22-3/h5-11,22H,12-14H2,1-4H3,(H2,21,23,24). The molecular weight excluding hydrogens is 376 g/mol. The molecule has 0 aliphatic carbocycles. The number of rotatable bonds is 8. The van der Waals surface area contributed by atoms with E-state index in [1.54, 1.807) is 14.2 Å². The molecule has 0 aliphatic rings. The molecule has 8 heteroatoms. The molecule has 28 heavy (non-hydrogen) atoms. The van der Waals surface area contributed by atoms with Gasteiger partial charge in [0.2, 0.25) is 10.0 Å². The Morgan fingerprint density at radius 3 is 2.29 bits per heavy atom. The Kier molecular flexibility index (Phi) is 7.83. The van der Waals surface area contributed by atoms with Crippen molar-refractivity contribution < 1.29 is 13.2 Å². The molecule has 0 amide bonds. The molecule has 7 nitrogen and oxygen atoms in total. The lowest BCUT2D eigenvalue weighted by atomic mass is 10.1. The molecule has 2 aromatic rings. The van der Waals surface area contributed by atoms with Crippen LogP contribution in [0.4, 0.5) is 0 Å². The van der Waals surface area contributed by atoms with Gasteiger partial charge < -0.3 is 15.4 Å². The van der Waals surface area contributed by atoms with E-state index in [-0.39, 0.29) is 5.75 Å². The zero-order valence-corrected chi connectivity index (χ0v) is 17.6. The van der Waals surface area contributed by atoms with Crippen LogP contribution in [0.5, 0.6) is 5.75 Å². The number of benzene rings is 2. The molecule has 3 N–H and O–H groups in total. The molecule has 2 rings (SSSR count). The highest BCUT2D eigenvalue weighted by atomic mass is 32.2. The number of guanidine groups is 1. The number of nitrogens with zero attached hydrogens (tertiary/aromatic N) is 1. The van der Waals surface area contributed by atoms with Gasteiger partial charge in [0.25, 0.3) is 0 Å². The topological polar surface area (TPSA) is 91.8 Å². The van der Waals surface area contributed by atoms with Crippen molar-refractivity contribution in [3.63, 3.8) is 0 Å². The van der Waals surface area contributed by atoms with Gasteiger partial charge in [-0.25, -0.2) is 13.1 Å². The zero-order chi connectivity index (χ0) is 20.6. The summed E-state index contributed by atoms with van der Waals surface area (Å²) in [6.07, 6.45) is 0. The van der Waals surface area contributed by atoms with Crippen molar-refractivity contribution in [1.29, 1.82) is 0 Å². The van der Waals surface area contributed by atoms with E-state index in [9.17, 15) is 8.42 Å². The summed E-state index contributed by atoms with van der Waals surface area (Å²) in [6.45, 7) is 3.19. The fourth-order valence-corrected chi connectivity index (χ4v) is 3.40. The van der Waals surface area contributed by atoms with Crippen LogP contribution in [0.15, 0.2) is 47.5 Å². The number of sulfonamides is 1. The number of aliphatic imine (C=N–C) groups is 1. The monoisotopic (exact) mass is 404 g/mol. The summed E-state index contributed by atoms with van der Waals surface area (Å²) in [6, 6.07) is 13.5. The molecule has 0 heterocycles. The first-order valence-corrected chi connectivity index (χ1v) is 10.6. The van der Waals surface area contributed by atoms with Gasteiger partial charge in [-0.2, -0.15) is 0 Å². The van der Waals surface area contributed by atoms with E-state index in [1.165, 1.54) is 7.05 Å². The third-order valence-electron chi connectivity index (χ3n) is 4.26. The molecule has 0 aliphatic heterocycles. The van der Waals surface area contributed by atoms with Crippen molar-refractivity contribution in [2.45, 2.75) is 25.8 Å². The highest BCUT2D eigenvalue weighted by Gasteiger charge is 2.08. The van der Waals surface area contributed by atoms with Gasteiger partial charge in [0.15, 0.2) is 5.96 Å². The molecule has 152 valence electrons. The van der Waals surface area contributed by atoms with Gasteiger partial charge in [-0.15, -0.1) is 0 Å². The number of hydrogen-bond acceptors (Lipinski definition) is 4. The zero-order valence-electron chi connectivity index (χ0n) is 16.7. The van der Waals surface area contributed by atoms with Crippen molar-refractivity contribution in [1.82, 2.24) is 15.4 Å². The van der Waals surface area contributed by atoms with E-state index in [4.69, 9.17) is 4.74 Å². The first kappa shape index (κ1) is 21.7. The molecule has 0 radical (unpaired) electrons. The van der Waals surface area contributed by atoms with Crippen molar-refractivity contribution in [3.8, 4) is 5.75 Å². The normalized spacial score (nSPS) is 11.9. The number of ether oxygens (including phenoxy) is 1. The molecule has 0 spiro atoms. The van der Waals surface area contributed by atoms with Crippen LogP contribution in [-0.2, 0) is 28.9 Å². The third-order valence-corrected chi connectivity index (χ3v) is 5.60. The number of aryl methyl sites for hydroxylation is 1. The van der Waals surface area contributed by atoms with Crippen LogP contribution in [0, 0.1) is 6.92 Å². The van der Waals surface area contributed by atoms with Crippen LogP contribution in [-0.4, -0.2) is 35.6 Å². The van der Waals surface area contributed by atoms with E-state index in [0.717, 1.165) is 28.0 Å². The Labute approximate surface area is 167 Å². The molecule has 0 unspecified atom stereocenters. The van der Waals surface area contributed by atoms with Gasteiger partial charge in [-0.1, -0.05) is 36.4 Å². The van der Waals surface area contributed by atoms with E-state index in [1.807, 2.05) is 49.4 Å². The molecule has 2 aromatic carbocycles. The quantitative estimate of drug-likeness (QED) is 0.462. The van der Waals surface area contributed by atoms with Crippen molar-refractivity contribution in [2.75, 3.05) is 21.2 Å². The fraction of sp³-hybridized carbons (Fsp3) is 0.350. The Morgan fingerprint density at radius 1 is 1.04 bits per heavy atom.